The van der Waals surface area contributed by atoms with Gasteiger partial charge in [-0.15, -0.1) is 0 Å². The van der Waals surface area contributed by atoms with E-state index in [9.17, 15) is 14.8 Å². The molecule has 9 nitrogen and oxygen atoms in total. The molecular weight excluding hydrogens is 487 g/mol. The lowest BCUT2D eigenvalue weighted by atomic mass is 9.86. The zero-order chi connectivity index (χ0) is 26.7. The summed E-state index contributed by atoms with van der Waals surface area (Å²) < 4.78 is 48.4. The highest BCUT2D eigenvalue weighted by Gasteiger charge is 2.40. The third-order valence-electron chi connectivity index (χ3n) is 5.37. The van der Waals surface area contributed by atoms with E-state index in [1.165, 1.54) is 34.5 Å². The highest BCUT2D eigenvalue weighted by atomic mass is 31.2. The Morgan fingerprint density at radius 1 is 0.694 bits per heavy atom. The van der Waals surface area contributed by atoms with Crippen molar-refractivity contribution >= 4 is 12.9 Å². The summed E-state index contributed by atoms with van der Waals surface area (Å²) in [7, 11) is 1.10. The first-order valence-corrected chi connectivity index (χ1v) is 12.5. The predicted octanol–water partition coefficient (Wildman–Crippen LogP) is 5.41. The van der Waals surface area contributed by atoms with E-state index < -0.39 is 13.0 Å². The molecule has 2 N–H and O–H groups in total. The number of benzene rings is 3. The molecule has 0 bridgehead atoms. The van der Waals surface area contributed by atoms with Gasteiger partial charge in [0.25, 0.3) is 0 Å². The topological polar surface area (TPSA) is 113 Å². The molecular formula is C26H31O9P. The molecule has 3 aromatic rings. The Morgan fingerprint density at radius 3 is 1.42 bits per heavy atom. The van der Waals surface area contributed by atoms with Crippen molar-refractivity contribution in [3.05, 3.63) is 54.1 Å². The third kappa shape index (κ3) is 5.26. The van der Waals surface area contributed by atoms with Gasteiger partial charge in [-0.25, -0.2) is 4.57 Å². The highest BCUT2D eigenvalue weighted by Crippen LogP contribution is 2.57. The second kappa shape index (κ2) is 10.5. The second-order valence-corrected chi connectivity index (χ2v) is 10.6. The molecule has 0 saturated carbocycles. The zero-order valence-corrected chi connectivity index (χ0v) is 22.2. The Bertz CT molecular complexity index is 1180. The first-order valence-electron chi connectivity index (χ1n) is 11.0. The van der Waals surface area contributed by atoms with Crippen molar-refractivity contribution in [1.82, 2.24) is 0 Å². The van der Waals surface area contributed by atoms with Crippen molar-refractivity contribution in [1.29, 1.82) is 0 Å². The Hall–Kier alpha value is -3.71. The molecule has 0 aromatic heterocycles. The van der Waals surface area contributed by atoms with Crippen LogP contribution in [0.15, 0.2) is 48.5 Å². The second-order valence-electron chi connectivity index (χ2n) is 8.77. The van der Waals surface area contributed by atoms with Crippen molar-refractivity contribution in [3.63, 3.8) is 0 Å². The fourth-order valence-corrected chi connectivity index (χ4v) is 5.30. The largest absolute Gasteiger partial charge is 0.508 e. The fourth-order valence-electron chi connectivity index (χ4n) is 3.56. The van der Waals surface area contributed by atoms with Gasteiger partial charge in [0.2, 0.25) is 11.5 Å². The molecule has 0 spiro atoms. The third-order valence-corrected chi connectivity index (χ3v) is 7.14. The predicted molar refractivity (Wildman–Crippen MR) is 136 cm³/mol. The van der Waals surface area contributed by atoms with Crippen LogP contribution in [0.2, 0.25) is 0 Å². The maximum atomic E-state index is 14.7. The molecule has 0 aliphatic carbocycles. The minimum atomic E-state index is -4.57. The standard InChI is InChI=1S/C26H31O9P/c1-26(2,3)17-14-16(27)15-22(23(17)28)36(29,34-24-18(30-4)10-8-11-19(24)31-5)35-25-20(32-6)12-9-13-21(25)33-7/h8-15,27-28H,1-7H3. The summed E-state index contributed by atoms with van der Waals surface area (Å²) in [6.45, 7) is 5.51. The molecule has 10 heteroatoms. The average molecular weight is 518 g/mol. The van der Waals surface area contributed by atoms with Gasteiger partial charge in [-0.05, 0) is 35.7 Å². The number of phenolic OH excluding ortho intramolecular Hbond substituents is 2. The van der Waals surface area contributed by atoms with E-state index in [1.807, 2.05) is 20.8 Å². The van der Waals surface area contributed by atoms with Gasteiger partial charge in [0.1, 0.15) is 16.8 Å². The van der Waals surface area contributed by atoms with Crippen molar-refractivity contribution in [3.8, 4) is 46.0 Å². The molecule has 0 unspecified atom stereocenters. The van der Waals surface area contributed by atoms with Crippen molar-refractivity contribution < 1.29 is 42.8 Å². The molecule has 0 radical (unpaired) electrons. The molecule has 0 aliphatic rings. The maximum absolute atomic E-state index is 14.7. The molecule has 0 atom stereocenters. The summed E-state index contributed by atoms with van der Waals surface area (Å²) in [6.07, 6.45) is 0. The van der Waals surface area contributed by atoms with Crippen LogP contribution in [0.5, 0.6) is 46.0 Å². The minimum Gasteiger partial charge on any atom is -0.508 e. The average Bonchev–Trinajstić information content (AvgIpc) is 2.84. The fraction of sp³-hybridized carbons (Fsp3) is 0.308. The van der Waals surface area contributed by atoms with Crippen LogP contribution < -0.4 is 33.3 Å². The molecule has 0 heterocycles. The van der Waals surface area contributed by atoms with Crippen LogP contribution in [-0.4, -0.2) is 38.7 Å². The molecule has 0 saturated heterocycles. The number of ether oxygens (including phenoxy) is 4. The van der Waals surface area contributed by atoms with Gasteiger partial charge in [0.05, 0.1) is 28.4 Å². The summed E-state index contributed by atoms with van der Waals surface area (Å²) >= 11 is 0. The molecule has 36 heavy (non-hydrogen) atoms. The first kappa shape index (κ1) is 26.9. The van der Waals surface area contributed by atoms with Crippen molar-refractivity contribution in [2.24, 2.45) is 0 Å². The van der Waals surface area contributed by atoms with E-state index in [4.69, 9.17) is 28.0 Å². The van der Waals surface area contributed by atoms with Gasteiger partial charge in [-0.2, -0.15) is 0 Å². The van der Waals surface area contributed by atoms with Gasteiger partial charge < -0.3 is 38.2 Å². The van der Waals surface area contributed by atoms with Gasteiger partial charge in [0, 0.05) is 11.6 Å². The number of hydrogen-bond donors (Lipinski definition) is 2. The van der Waals surface area contributed by atoms with E-state index >= 15 is 0 Å². The van der Waals surface area contributed by atoms with E-state index in [1.54, 1.807) is 36.4 Å². The Labute approximate surface area is 210 Å². The molecule has 194 valence electrons. The summed E-state index contributed by atoms with van der Waals surface area (Å²) in [4.78, 5) is 0. The summed E-state index contributed by atoms with van der Waals surface area (Å²) in [5.74, 6) is 0.188. The molecule has 3 aromatic carbocycles. The van der Waals surface area contributed by atoms with Crippen LogP contribution in [0, 0.1) is 0 Å². The number of para-hydroxylation sites is 2. The smallest absolute Gasteiger partial charge is 0.467 e. The highest BCUT2D eigenvalue weighted by molar-refractivity contribution is 7.63. The normalized spacial score (nSPS) is 11.5. The Balaban J connectivity index is 2.34. The van der Waals surface area contributed by atoms with Gasteiger partial charge in [-0.3, -0.25) is 0 Å². The Morgan fingerprint density at radius 2 is 1.08 bits per heavy atom. The minimum absolute atomic E-state index is 0.0280. The van der Waals surface area contributed by atoms with Gasteiger partial charge in [0.15, 0.2) is 23.0 Å². The molecule has 0 fully saturated rings. The lowest BCUT2D eigenvalue weighted by Crippen LogP contribution is -2.21. The summed E-state index contributed by atoms with van der Waals surface area (Å²) in [5.41, 5.74) is -0.281. The summed E-state index contributed by atoms with van der Waals surface area (Å²) in [5, 5.41) is 21.5. The number of methoxy groups -OCH3 is 4. The van der Waals surface area contributed by atoms with Gasteiger partial charge in [-0.1, -0.05) is 32.9 Å². The maximum Gasteiger partial charge on any atom is 0.467 e. The lowest BCUT2D eigenvalue weighted by Gasteiger charge is -2.27. The molecule has 0 amide bonds. The van der Waals surface area contributed by atoms with Crippen LogP contribution in [0.1, 0.15) is 26.3 Å². The van der Waals surface area contributed by atoms with Gasteiger partial charge >= 0.3 is 7.60 Å². The molecule has 0 aliphatic heterocycles. The van der Waals surface area contributed by atoms with Crippen LogP contribution in [-0.2, 0) is 9.98 Å². The van der Waals surface area contributed by atoms with E-state index in [0.717, 1.165) is 6.07 Å². The van der Waals surface area contributed by atoms with Crippen molar-refractivity contribution in [2.75, 3.05) is 28.4 Å². The monoisotopic (exact) mass is 518 g/mol. The van der Waals surface area contributed by atoms with Crippen LogP contribution in [0.25, 0.3) is 0 Å². The number of aromatic hydroxyl groups is 2. The first-order chi connectivity index (χ1) is 17.0. The van der Waals surface area contributed by atoms with Crippen LogP contribution in [0.4, 0.5) is 0 Å². The van der Waals surface area contributed by atoms with Crippen LogP contribution >= 0.6 is 7.60 Å². The van der Waals surface area contributed by atoms with Crippen LogP contribution in [0.3, 0.4) is 0 Å². The van der Waals surface area contributed by atoms with Crippen molar-refractivity contribution in [2.45, 2.75) is 26.2 Å². The Kier molecular flexibility index (Phi) is 7.84. The lowest BCUT2D eigenvalue weighted by molar-refractivity contribution is 0.324. The number of phenols is 2. The SMILES string of the molecule is COc1cccc(OC)c1OP(=O)(Oc1c(OC)cccc1OC)c1cc(O)cc(C(C)(C)C)c1O. The van der Waals surface area contributed by atoms with E-state index in [2.05, 4.69) is 0 Å². The molecule has 3 rings (SSSR count). The number of hydrogen-bond acceptors (Lipinski definition) is 9. The zero-order valence-electron chi connectivity index (χ0n) is 21.3. The quantitative estimate of drug-likeness (QED) is 0.284. The van der Waals surface area contributed by atoms with E-state index in [-0.39, 0.29) is 51.3 Å². The van der Waals surface area contributed by atoms with E-state index in [0.29, 0.717) is 5.56 Å². The summed E-state index contributed by atoms with van der Waals surface area (Å²) in [6, 6.07) is 12.2. The number of rotatable bonds is 9.